The van der Waals surface area contributed by atoms with Crippen LogP contribution in [0, 0.1) is 0 Å². The minimum Gasteiger partial charge on any atom is -0.390 e. The lowest BCUT2D eigenvalue weighted by Crippen LogP contribution is -2.43. The Morgan fingerprint density at radius 2 is 1.70 bits per heavy atom. The number of nitrogens with zero attached hydrogens (tertiary/aromatic N) is 5. The summed E-state index contributed by atoms with van der Waals surface area (Å²) in [6.07, 6.45) is 1.14. The number of β-amino-alcohol motifs (C(OH)–C–C–N with tert-alkyl or cyclic N) is 1. The van der Waals surface area contributed by atoms with Gasteiger partial charge in [-0.25, -0.2) is 13.6 Å². The summed E-state index contributed by atoms with van der Waals surface area (Å²) in [7, 11) is 0. The van der Waals surface area contributed by atoms with E-state index in [0.717, 1.165) is 19.5 Å². The van der Waals surface area contributed by atoms with Crippen molar-refractivity contribution in [2.24, 2.45) is 0 Å². The third kappa shape index (κ3) is 6.07. The number of pyridine rings is 1. The molecule has 1 aromatic heterocycles. The van der Waals surface area contributed by atoms with Crippen molar-refractivity contribution >= 4 is 11.9 Å². The molecule has 3 aliphatic rings. The molecule has 2 aromatic rings. The number of benzene rings is 1. The van der Waals surface area contributed by atoms with Crippen molar-refractivity contribution in [3.8, 4) is 0 Å². The zero-order valence-electron chi connectivity index (χ0n) is 20.9. The van der Waals surface area contributed by atoms with Gasteiger partial charge in [0.2, 0.25) is 0 Å². The van der Waals surface area contributed by atoms with Crippen LogP contribution in [0.5, 0.6) is 0 Å². The number of fused-ring (bicyclic) bond motifs is 1. The van der Waals surface area contributed by atoms with E-state index in [1.165, 1.54) is 22.2 Å². The van der Waals surface area contributed by atoms with Gasteiger partial charge in [0.05, 0.1) is 23.9 Å². The quantitative estimate of drug-likeness (QED) is 0.616. The van der Waals surface area contributed by atoms with E-state index in [1.807, 2.05) is 6.07 Å². The van der Waals surface area contributed by atoms with Crippen LogP contribution in [-0.4, -0.2) is 99.5 Å². The van der Waals surface area contributed by atoms with Crippen molar-refractivity contribution < 1.29 is 23.5 Å². The average Bonchev–Trinajstić information content (AvgIpc) is 3.22. The van der Waals surface area contributed by atoms with Crippen molar-refractivity contribution in [2.75, 3.05) is 45.8 Å². The molecule has 1 atom stereocenters. The number of urea groups is 1. The van der Waals surface area contributed by atoms with E-state index in [2.05, 4.69) is 28.1 Å². The Morgan fingerprint density at radius 3 is 2.43 bits per heavy atom. The molecule has 37 heavy (non-hydrogen) atoms. The third-order valence-electron chi connectivity index (χ3n) is 7.50. The van der Waals surface area contributed by atoms with Gasteiger partial charge in [0.25, 0.3) is 11.8 Å². The Kier molecular flexibility index (Phi) is 7.39. The molecule has 3 amide bonds. The van der Waals surface area contributed by atoms with Crippen molar-refractivity contribution in [1.82, 2.24) is 24.6 Å². The van der Waals surface area contributed by atoms with Gasteiger partial charge in [0.15, 0.2) is 0 Å². The van der Waals surface area contributed by atoms with Crippen LogP contribution in [-0.2, 0) is 19.5 Å². The fourth-order valence-electron chi connectivity index (χ4n) is 5.33. The number of likely N-dealkylation sites (tertiary alicyclic amines) is 1. The van der Waals surface area contributed by atoms with Crippen LogP contribution in [0.15, 0.2) is 42.6 Å². The summed E-state index contributed by atoms with van der Waals surface area (Å²) < 4.78 is 26.7. The average molecular weight is 514 g/mol. The highest BCUT2D eigenvalue weighted by Gasteiger charge is 2.36. The number of hydrogen-bond donors (Lipinski definition) is 1. The molecule has 2 saturated heterocycles. The number of rotatable bonds is 7. The summed E-state index contributed by atoms with van der Waals surface area (Å²) in [5.41, 5.74) is 3.65. The van der Waals surface area contributed by atoms with Crippen LogP contribution in [0.25, 0.3) is 0 Å². The molecule has 8 nitrogen and oxygen atoms in total. The second-order valence-corrected chi connectivity index (χ2v) is 10.2. The monoisotopic (exact) mass is 513 g/mol. The lowest BCUT2D eigenvalue weighted by molar-refractivity contribution is -0.0494. The van der Waals surface area contributed by atoms with Gasteiger partial charge in [-0.15, -0.1) is 0 Å². The molecule has 10 heteroatoms. The molecular formula is C27H33F2N5O3. The molecule has 1 aromatic carbocycles. The summed E-state index contributed by atoms with van der Waals surface area (Å²) >= 11 is 0. The van der Waals surface area contributed by atoms with Gasteiger partial charge in [0, 0.05) is 71.4 Å². The molecular weight excluding hydrogens is 480 g/mol. The summed E-state index contributed by atoms with van der Waals surface area (Å²) in [6.45, 7) is 3.93. The number of aliphatic hydroxyl groups is 1. The Hall–Kier alpha value is -3.11. The molecule has 0 radical (unpaired) electrons. The van der Waals surface area contributed by atoms with Gasteiger partial charge in [-0.05, 0) is 29.7 Å². The maximum atomic E-state index is 13.4. The number of halogens is 2. The lowest BCUT2D eigenvalue weighted by Gasteiger charge is -2.31. The van der Waals surface area contributed by atoms with Crippen molar-refractivity contribution in [3.63, 3.8) is 0 Å². The second-order valence-electron chi connectivity index (χ2n) is 10.2. The Balaban J connectivity index is 1.09. The number of amides is 3. The largest absolute Gasteiger partial charge is 0.390 e. The van der Waals surface area contributed by atoms with E-state index in [9.17, 15) is 23.5 Å². The predicted octanol–water partition coefficient (Wildman–Crippen LogP) is 2.61. The number of carbonyl (C=O) groups excluding carboxylic acids is 2. The maximum Gasteiger partial charge on any atom is 0.320 e. The minimum atomic E-state index is -2.70. The topological polar surface area (TPSA) is 80.2 Å². The van der Waals surface area contributed by atoms with E-state index in [-0.39, 0.29) is 44.4 Å². The molecule has 1 N–H and O–H groups in total. The van der Waals surface area contributed by atoms with Gasteiger partial charge < -0.3 is 19.8 Å². The number of hydrogen-bond acceptors (Lipinski definition) is 5. The first-order valence-corrected chi connectivity index (χ1v) is 12.9. The minimum absolute atomic E-state index is 0.0304. The summed E-state index contributed by atoms with van der Waals surface area (Å²) in [6, 6.07) is 11.6. The summed E-state index contributed by atoms with van der Waals surface area (Å²) in [5, 5.41) is 10.7. The van der Waals surface area contributed by atoms with Crippen LogP contribution in [0.1, 0.15) is 40.0 Å². The predicted molar refractivity (Wildman–Crippen MR) is 133 cm³/mol. The molecule has 0 saturated carbocycles. The van der Waals surface area contributed by atoms with Crippen LogP contribution in [0.4, 0.5) is 13.6 Å². The SMILES string of the molecule is O=C(c1ccc(CN2CCN(C[C@H](O)CN3CCc4ccccc4C3)C2=O)nc1)N1CCC(F)(F)CC1. The van der Waals surface area contributed by atoms with Gasteiger partial charge in [0.1, 0.15) is 0 Å². The molecule has 0 spiro atoms. The standard InChI is InChI=1S/C27H33F2N5O3/c28-27(29)8-11-32(12-9-27)25(36)21-5-6-23(30-15-21)17-33-13-14-34(26(33)37)19-24(35)18-31-10-7-20-3-1-2-4-22(20)16-31/h1-6,15,24,35H,7-14,16-19H2/t24-/m1/s1. The van der Waals surface area contributed by atoms with Crippen molar-refractivity contribution in [1.29, 1.82) is 0 Å². The Labute approximate surface area is 215 Å². The van der Waals surface area contributed by atoms with Gasteiger partial charge in [-0.1, -0.05) is 24.3 Å². The van der Waals surface area contributed by atoms with E-state index in [0.29, 0.717) is 37.4 Å². The molecule has 5 rings (SSSR count). The molecule has 0 unspecified atom stereocenters. The van der Waals surface area contributed by atoms with E-state index < -0.39 is 12.0 Å². The van der Waals surface area contributed by atoms with Gasteiger partial charge in [-0.2, -0.15) is 0 Å². The molecule has 0 bridgehead atoms. The maximum absolute atomic E-state index is 13.4. The molecule has 198 valence electrons. The fourth-order valence-corrected chi connectivity index (χ4v) is 5.33. The second kappa shape index (κ2) is 10.7. The Bertz CT molecular complexity index is 1120. The molecule has 3 aliphatic heterocycles. The van der Waals surface area contributed by atoms with Gasteiger partial charge in [-0.3, -0.25) is 14.7 Å². The summed E-state index contributed by atoms with van der Waals surface area (Å²) in [4.78, 5) is 36.9. The smallest absolute Gasteiger partial charge is 0.320 e. The molecule has 0 aliphatic carbocycles. The number of carbonyl (C=O) groups is 2. The van der Waals surface area contributed by atoms with Crippen LogP contribution >= 0.6 is 0 Å². The van der Waals surface area contributed by atoms with Crippen LogP contribution in [0.2, 0.25) is 0 Å². The first-order chi connectivity index (χ1) is 17.8. The normalized spacial score (nSPS) is 20.7. The number of alkyl halides is 2. The first-order valence-electron chi connectivity index (χ1n) is 12.9. The zero-order chi connectivity index (χ0) is 26.0. The van der Waals surface area contributed by atoms with Crippen LogP contribution < -0.4 is 0 Å². The highest BCUT2D eigenvalue weighted by atomic mass is 19.3. The fraction of sp³-hybridized carbons (Fsp3) is 0.519. The highest BCUT2D eigenvalue weighted by molar-refractivity contribution is 5.94. The van der Waals surface area contributed by atoms with E-state index >= 15 is 0 Å². The van der Waals surface area contributed by atoms with Crippen molar-refractivity contribution in [3.05, 3.63) is 65.0 Å². The summed E-state index contributed by atoms with van der Waals surface area (Å²) in [5.74, 6) is -3.01. The van der Waals surface area contributed by atoms with Gasteiger partial charge >= 0.3 is 6.03 Å². The number of aromatic nitrogens is 1. The number of aliphatic hydroxyl groups excluding tert-OH is 1. The molecule has 4 heterocycles. The first kappa shape index (κ1) is 25.5. The number of piperidine rings is 1. The highest BCUT2D eigenvalue weighted by Crippen LogP contribution is 2.28. The lowest BCUT2D eigenvalue weighted by atomic mass is 10.00. The van der Waals surface area contributed by atoms with E-state index in [1.54, 1.807) is 21.9 Å². The Morgan fingerprint density at radius 1 is 0.973 bits per heavy atom. The van der Waals surface area contributed by atoms with Crippen LogP contribution in [0.3, 0.4) is 0 Å². The zero-order valence-corrected chi connectivity index (χ0v) is 20.9. The van der Waals surface area contributed by atoms with Crippen molar-refractivity contribution in [2.45, 2.75) is 44.4 Å². The third-order valence-corrected chi connectivity index (χ3v) is 7.50. The molecule has 2 fully saturated rings. The van der Waals surface area contributed by atoms with E-state index in [4.69, 9.17) is 0 Å².